The van der Waals surface area contributed by atoms with E-state index < -0.39 is 0 Å². The van der Waals surface area contributed by atoms with E-state index in [0.717, 1.165) is 55.0 Å². The number of pyridine rings is 1. The van der Waals surface area contributed by atoms with Crippen molar-refractivity contribution in [3.8, 4) is 5.75 Å². The predicted octanol–water partition coefficient (Wildman–Crippen LogP) is 3.26. The monoisotopic (exact) mass is 421 g/mol. The van der Waals surface area contributed by atoms with Crippen molar-refractivity contribution >= 4 is 16.9 Å². The Morgan fingerprint density at radius 1 is 1.29 bits per heavy atom. The number of aryl methyl sites for hydroxylation is 1. The lowest BCUT2D eigenvalue weighted by atomic mass is 9.93. The van der Waals surface area contributed by atoms with Gasteiger partial charge in [0.25, 0.3) is 0 Å². The second kappa shape index (κ2) is 9.47. The molecule has 0 unspecified atom stereocenters. The Morgan fingerprint density at radius 2 is 2.16 bits per heavy atom. The van der Waals surface area contributed by atoms with Crippen LogP contribution in [0.5, 0.6) is 5.75 Å². The van der Waals surface area contributed by atoms with Gasteiger partial charge < -0.3 is 10.1 Å². The summed E-state index contributed by atoms with van der Waals surface area (Å²) in [6.07, 6.45) is 4.06. The fraction of sp³-hybridized carbons (Fsp3) is 0.458. The maximum atomic E-state index is 11.2. The van der Waals surface area contributed by atoms with Gasteiger partial charge in [0.15, 0.2) is 5.65 Å². The van der Waals surface area contributed by atoms with E-state index in [1.807, 2.05) is 10.7 Å². The number of ether oxygens (including phenoxy) is 1. The van der Waals surface area contributed by atoms with Crippen molar-refractivity contribution in [1.82, 2.24) is 25.0 Å². The minimum atomic E-state index is -0.0286. The second-order valence-corrected chi connectivity index (χ2v) is 8.31. The summed E-state index contributed by atoms with van der Waals surface area (Å²) in [6.45, 7) is 7.70. The number of hydrogen-bond acceptors (Lipinski definition) is 5. The molecule has 3 aromatic rings. The number of nitrogens with one attached hydrogen (secondary N) is 1. The van der Waals surface area contributed by atoms with Crippen LogP contribution in [0.15, 0.2) is 36.5 Å². The molecule has 4 rings (SSSR count). The first kappa shape index (κ1) is 21.3. The first-order valence-corrected chi connectivity index (χ1v) is 11.0. The minimum absolute atomic E-state index is 0.0286. The van der Waals surface area contributed by atoms with E-state index in [-0.39, 0.29) is 5.91 Å². The third kappa shape index (κ3) is 4.71. The molecule has 1 N–H and O–H groups in total. The second-order valence-electron chi connectivity index (χ2n) is 8.31. The number of carbonyl (C=O) groups excluding carboxylic acids is 1. The Morgan fingerprint density at radius 3 is 2.97 bits per heavy atom. The summed E-state index contributed by atoms with van der Waals surface area (Å²) < 4.78 is 7.60. The van der Waals surface area contributed by atoms with Gasteiger partial charge in [0.1, 0.15) is 5.75 Å². The lowest BCUT2D eigenvalue weighted by molar-refractivity contribution is -0.118. The Labute approximate surface area is 183 Å². The van der Waals surface area contributed by atoms with Gasteiger partial charge in [-0.2, -0.15) is 5.10 Å². The van der Waals surface area contributed by atoms with E-state index in [1.54, 1.807) is 13.3 Å². The normalized spacial score (nSPS) is 17.1. The van der Waals surface area contributed by atoms with Crippen molar-refractivity contribution in [3.63, 3.8) is 0 Å². The molecule has 164 valence electrons. The molecule has 0 bridgehead atoms. The highest BCUT2D eigenvalue weighted by atomic mass is 16.5. The van der Waals surface area contributed by atoms with Crippen LogP contribution in [0.2, 0.25) is 0 Å². The first-order chi connectivity index (χ1) is 15.1. The lowest BCUT2D eigenvalue weighted by Crippen LogP contribution is -2.34. The van der Waals surface area contributed by atoms with E-state index in [4.69, 9.17) is 9.84 Å². The van der Waals surface area contributed by atoms with Crippen LogP contribution < -0.4 is 10.1 Å². The lowest BCUT2D eigenvalue weighted by Gasteiger charge is -2.32. The molecule has 1 fully saturated rings. The fourth-order valence-corrected chi connectivity index (χ4v) is 4.62. The van der Waals surface area contributed by atoms with Crippen LogP contribution in [0, 0.1) is 6.92 Å². The molecule has 1 saturated heterocycles. The molecule has 2 aromatic heterocycles. The van der Waals surface area contributed by atoms with E-state index in [1.165, 1.54) is 18.1 Å². The van der Waals surface area contributed by atoms with Gasteiger partial charge >= 0.3 is 0 Å². The van der Waals surface area contributed by atoms with E-state index in [0.29, 0.717) is 19.0 Å². The summed E-state index contributed by atoms with van der Waals surface area (Å²) in [4.78, 5) is 18.3. The molecular weight excluding hydrogens is 390 g/mol. The van der Waals surface area contributed by atoms with E-state index in [9.17, 15) is 4.79 Å². The number of rotatable bonds is 7. The molecule has 1 atom stereocenters. The Balaban J connectivity index is 1.54. The van der Waals surface area contributed by atoms with Crippen LogP contribution in [0.4, 0.5) is 0 Å². The number of aromatic nitrogens is 3. The van der Waals surface area contributed by atoms with Crippen molar-refractivity contribution in [2.45, 2.75) is 45.7 Å². The summed E-state index contributed by atoms with van der Waals surface area (Å²) in [5, 5.41) is 8.92. The Hall–Kier alpha value is -2.93. The van der Waals surface area contributed by atoms with Crippen molar-refractivity contribution in [1.29, 1.82) is 0 Å². The number of fused-ring (bicyclic) bond motifs is 1. The summed E-state index contributed by atoms with van der Waals surface area (Å²) in [7, 11) is 1.75. The van der Waals surface area contributed by atoms with Crippen LogP contribution in [-0.4, -0.2) is 52.3 Å². The fourth-order valence-electron chi connectivity index (χ4n) is 4.62. The van der Waals surface area contributed by atoms with Crippen LogP contribution in [-0.2, 0) is 17.9 Å². The molecular formula is C24H31N5O2. The van der Waals surface area contributed by atoms with Gasteiger partial charge in [-0.3, -0.25) is 9.69 Å². The van der Waals surface area contributed by atoms with Gasteiger partial charge in [-0.1, -0.05) is 18.2 Å². The van der Waals surface area contributed by atoms with E-state index >= 15 is 0 Å². The van der Waals surface area contributed by atoms with Crippen LogP contribution in [0.1, 0.15) is 42.5 Å². The highest BCUT2D eigenvalue weighted by Gasteiger charge is 2.27. The molecule has 0 aliphatic carbocycles. The van der Waals surface area contributed by atoms with Gasteiger partial charge in [0.2, 0.25) is 5.91 Å². The van der Waals surface area contributed by atoms with Gasteiger partial charge in [-0.15, -0.1) is 0 Å². The summed E-state index contributed by atoms with van der Waals surface area (Å²) >= 11 is 0. The molecule has 1 aliphatic heterocycles. The average molecular weight is 422 g/mol. The van der Waals surface area contributed by atoms with Crippen LogP contribution >= 0.6 is 0 Å². The summed E-state index contributed by atoms with van der Waals surface area (Å²) in [5.41, 5.74) is 4.41. The smallest absolute Gasteiger partial charge is 0.216 e. The number of methoxy groups -OCH3 is 1. The SMILES string of the molecule is COc1c(C)cccc1CN1CCC[C@H](c2nn(CCNC(C)=O)c3ncccc23)C1. The van der Waals surface area contributed by atoms with Crippen molar-refractivity contribution in [3.05, 3.63) is 53.3 Å². The highest BCUT2D eigenvalue weighted by Crippen LogP contribution is 2.33. The molecule has 0 spiro atoms. The molecule has 7 heteroatoms. The number of nitrogens with zero attached hydrogens (tertiary/aromatic N) is 4. The zero-order valence-electron chi connectivity index (χ0n) is 18.6. The molecule has 7 nitrogen and oxygen atoms in total. The average Bonchev–Trinajstić information content (AvgIpc) is 3.13. The number of benzene rings is 1. The molecule has 0 saturated carbocycles. The van der Waals surface area contributed by atoms with Crippen molar-refractivity contribution in [2.24, 2.45) is 0 Å². The zero-order chi connectivity index (χ0) is 21.8. The van der Waals surface area contributed by atoms with Gasteiger partial charge in [0.05, 0.1) is 19.3 Å². The molecule has 1 amide bonds. The number of hydrogen-bond donors (Lipinski definition) is 1. The largest absolute Gasteiger partial charge is 0.496 e. The number of amides is 1. The summed E-state index contributed by atoms with van der Waals surface area (Å²) in [6, 6.07) is 10.4. The van der Waals surface area contributed by atoms with Crippen molar-refractivity contribution < 1.29 is 9.53 Å². The molecule has 0 radical (unpaired) electrons. The highest BCUT2D eigenvalue weighted by molar-refractivity contribution is 5.79. The third-order valence-electron chi connectivity index (χ3n) is 6.02. The molecule has 1 aromatic carbocycles. The van der Waals surface area contributed by atoms with Gasteiger partial charge in [-0.05, 0) is 44.0 Å². The zero-order valence-corrected chi connectivity index (χ0v) is 18.6. The Kier molecular flexibility index (Phi) is 6.51. The molecule has 3 heterocycles. The Bertz CT molecular complexity index is 1060. The van der Waals surface area contributed by atoms with Gasteiger partial charge in [0, 0.05) is 49.6 Å². The van der Waals surface area contributed by atoms with Crippen LogP contribution in [0.3, 0.4) is 0 Å². The maximum Gasteiger partial charge on any atom is 0.216 e. The number of piperidine rings is 1. The van der Waals surface area contributed by atoms with Crippen molar-refractivity contribution in [2.75, 3.05) is 26.7 Å². The quantitative estimate of drug-likeness (QED) is 0.634. The predicted molar refractivity (Wildman–Crippen MR) is 121 cm³/mol. The van der Waals surface area contributed by atoms with Gasteiger partial charge in [-0.25, -0.2) is 9.67 Å². The molecule has 1 aliphatic rings. The topological polar surface area (TPSA) is 72.3 Å². The number of likely N-dealkylation sites (tertiary alicyclic amines) is 1. The number of para-hydroxylation sites is 1. The molecule has 31 heavy (non-hydrogen) atoms. The van der Waals surface area contributed by atoms with E-state index in [2.05, 4.69) is 46.4 Å². The first-order valence-electron chi connectivity index (χ1n) is 11.0. The minimum Gasteiger partial charge on any atom is -0.496 e. The third-order valence-corrected chi connectivity index (χ3v) is 6.02. The standard InChI is InChI=1S/C24H31N5O2/c1-17-7-4-8-20(23(17)31-3)16-28-13-6-9-19(15-28)22-21-10-5-11-26-24(21)29(27-22)14-12-25-18(2)30/h4-5,7-8,10-11,19H,6,9,12-16H2,1-3H3,(H,25,30)/t19-/m0/s1. The summed E-state index contributed by atoms with van der Waals surface area (Å²) in [5.74, 6) is 1.32. The van der Waals surface area contributed by atoms with Crippen LogP contribution in [0.25, 0.3) is 11.0 Å². The number of carbonyl (C=O) groups is 1. The maximum absolute atomic E-state index is 11.2.